The van der Waals surface area contributed by atoms with Crippen LogP contribution in [0.2, 0.25) is 0 Å². The summed E-state index contributed by atoms with van der Waals surface area (Å²) in [6.45, 7) is 2.05. The number of hydrogen-bond donors (Lipinski definition) is 0. The number of carbonyl (C=O) groups excluding carboxylic acids is 1. The van der Waals surface area contributed by atoms with Crippen molar-refractivity contribution in [2.24, 2.45) is 0 Å². The molecule has 23 heavy (non-hydrogen) atoms. The third-order valence-corrected chi connectivity index (χ3v) is 7.50. The van der Waals surface area contributed by atoms with Crippen LogP contribution in [0.5, 0.6) is 5.75 Å². The first-order valence-corrected chi connectivity index (χ1v) is 10.1. The Labute approximate surface area is 175 Å². The molecular formula is C18H11I3O2. The van der Waals surface area contributed by atoms with Crippen LogP contribution in [0.1, 0.15) is 15.9 Å². The van der Waals surface area contributed by atoms with E-state index in [-0.39, 0.29) is 5.97 Å². The van der Waals surface area contributed by atoms with Gasteiger partial charge in [0.1, 0.15) is 5.75 Å². The van der Waals surface area contributed by atoms with Gasteiger partial charge in [-0.05, 0) is 104 Å². The lowest BCUT2D eigenvalue weighted by Crippen LogP contribution is -2.13. The first-order valence-electron chi connectivity index (χ1n) is 6.83. The van der Waals surface area contributed by atoms with Crippen molar-refractivity contribution in [3.05, 3.63) is 70.4 Å². The van der Waals surface area contributed by atoms with E-state index in [1.165, 1.54) is 5.56 Å². The largest absolute Gasteiger partial charge is 0.422 e. The predicted molar refractivity (Wildman–Crippen MR) is 118 cm³/mol. The summed E-state index contributed by atoms with van der Waals surface area (Å²) in [5.74, 6) is 0.285. The maximum atomic E-state index is 12.7. The third-order valence-electron chi connectivity index (χ3n) is 3.55. The Bertz CT molecular complexity index is 920. The molecule has 0 amide bonds. The zero-order chi connectivity index (χ0) is 16.6. The number of fused-ring (bicyclic) bond motifs is 1. The van der Waals surface area contributed by atoms with E-state index in [1.807, 2.05) is 48.5 Å². The molecule has 3 aromatic rings. The lowest BCUT2D eigenvalue weighted by molar-refractivity contribution is 0.0734. The molecule has 0 aliphatic carbocycles. The average Bonchev–Trinajstić information content (AvgIpc) is 2.54. The molecule has 0 saturated heterocycles. The molecule has 5 heteroatoms. The van der Waals surface area contributed by atoms with E-state index in [0.29, 0.717) is 11.3 Å². The van der Waals surface area contributed by atoms with Gasteiger partial charge in [0.05, 0.1) is 5.56 Å². The van der Waals surface area contributed by atoms with Crippen LogP contribution in [0.4, 0.5) is 0 Å². The lowest BCUT2D eigenvalue weighted by atomic mass is 10.0. The quantitative estimate of drug-likeness (QED) is 0.145. The number of hydrogen-bond acceptors (Lipinski definition) is 2. The summed E-state index contributed by atoms with van der Waals surface area (Å²) in [6.07, 6.45) is 0. The van der Waals surface area contributed by atoms with E-state index in [0.717, 1.165) is 21.5 Å². The van der Waals surface area contributed by atoms with Crippen LogP contribution in [0, 0.1) is 17.6 Å². The maximum Gasteiger partial charge on any atom is 0.345 e. The number of esters is 1. The van der Waals surface area contributed by atoms with Gasteiger partial charge in [0.2, 0.25) is 0 Å². The van der Waals surface area contributed by atoms with Gasteiger partial charge < -0.3 is 4.74 Å². The van der Waals surface area contributed by atoms with Crippen molar-refractivity contribution >= 4 is 84.5 Å². The normalized spacial score (nSPS) is 10.8. The minimum absolute atomic E-state index is 0.314. The molecule has 0 N–H and O–H groups in total. The van der Waals surface area contributed by atoms with Gasteiger partial charge in [-0.2, -0.15) is 0 Å². The van der Waals surface area contributed by atoms with Crippen molar-refractivity contribution in [2.45, 2.75) is 6.92 Å². The molecule has 0 aliphatic rings. The van der Waals surface area contributed by atoms with Gasteiger partial charge in [-0.1, -0.05) is 30.3 Å². The van der Waals surface area contributed by atoms with Crippen molar-refractivity contribution in [3.63, 3.8) is 0 Å². The molecule has 2 nitrogen and oxygen atoms in total. The van der Waals surface area contributed by atoms with Crippen molar-refractivity contribution in [1.82, 2.24) is 0 Å². The second kappa shape index (κ2) is 7.22. The van der Waals surface area contributed by atoms with E-state index >= 15 is 0 Å². The zero-order valence-electron chi connectivity index (χ0n) is 12.1. The Morgan fingerprint density at radius 2 is 1.52 bits per heavy atom. The molecule has 0 unspecified atom stereocenters. The molecule has 0 aromatic heterocycles. The zero-order valence-corrected chi connectivity index (χ0v) is 18.5. The predicted octanol–water partition coefficient (Wildman–Crippen LogP) is 6.18. The van der Waals surface area contributed by atoms with Crippen LogP contribution >= 0.6 is 67.8 Å². The molecule has 0 saturated carbocycles. The van der Waals surface area contributed by atoms with E-state index < -0.39 is 0 Å². The summed E-state index contributed by atoms with van der Waals surface area (Å²) in [5, 5.41) is 2.06. The smallest absolute Gasteiger partial charge is 0.345 e. The van der Waals surface area contributed by atoms with Crippen molar-refractivity contribution < 1.29 is 9.53 Å². The van der Waals surface area contributed by atoms with Gasteiger partial charge in [0.25, 0.3) is 0 Å². The van der Waals surface area contributed by atoms with Crippen LogP contribution in [-0.2, 0) is 0 Å². The fourth-order valence-corrected chi connectivity index (χ4v) is 4.70. The molecule has 0 radical (unpaired) electrons. The molecule has 0 bridgehead atoms. The number of benzene rings is 3. The molecule has 0 heterocycles. The molecule has 3 aromatic carbocycles. The van der Waals surface area contributed by atoms with E-state index in [9.17, 15) is 4.79 Å². The van der Waals surface area contributed by atoms with Gasteiger partial charge in [0.15, 0.2) is 0 Å². The van der Waals surface area contributed by atoms with Crippen molar-refractivity contribution in [2.75, 3.05) is 0 Å². The molecule has 0 spiro atoms. The minimum Gasteiger partial charge on any atom is -0.422 e. The first kappa shape index (κ1) is 17.4. The Morgan fingerprint density at radius 3 is 2.26 bits per heavy atom. The van der Waals surface area contributed by atoms with E-state index in [1.54, 1.807) is 0 Å². The lowest BCUT2D eigenvalue weighted by Gasteiger charge is -2.12. The summed E-state index contributed by atoms with van der Waals surface area (Å²) >= 11 is 6.60. The highest BCUT2D eigenvalue weighted by Crippen LogP contribution is 2.30. The molecule has 0 atom stereocenters. The van der Waals surface area contributed by atoms with Gasteiger partial charge in [-0.15, -0.1) is 0 Å². The van der Waals surface area contributed by atoms with E-state index in [2.05, 4.69) is 74.7 Å². The number of rotatable bonds is 2. The van der Waals surface area contributed by atoms with Crippen molar-refractivity contribution in [1.29, 1.82) is 0 Å². The molecule has 3 rings (SSSR count). The van der Waals surface area contributed by atoms with Crippen LogP contribution < -0.4 is 4.74 Å². The molecule has 0 aliphatic heterocycles. The van der Waals surface area contributed by atoms with Gasteiger partial charge >= 0.3 is 5.97 Å². The topological polar surface area (TPSA) is 26.3 Å². The summed E-state index contributed by atoms with van der Waals surface area (Å²) in [5.41, 5.74) is 1.79. The van der Waals surface area contributed by atoms with Crippen LogP contribution in [-0.4, -0.2) is 5.97 Å². The fourth-order valence-electron chi connectivity index (χ4n) is 2.38. The first-order chi connectivity index (χ1) is 11.0. The van der Waals surface area contributed by atoms with E-state index in [4.69, 9.17) is 4.74 Å². The Balaban J connectivity index is 2.05. The minimum atomic E-state index is -0.314. The summed E-state index contributed by atoms with van der Waals surface area (Å²) in [6, 6.07) is 15.8. The molecular weight excluding hydrogens is 629 g/mol. The Morgan fingerprint density at radius 1 is 0.870 bits per heavy atom. The highest BCUT2D eigenvalue weighted by atomic mass is 127. The van der Waals surface area contributed by atoms with Crippen LogP contribution in [0.3, 0.4) is 0 Å². The highest BCUT2D eigenvalue weighted by molar-refractivity contribution is 14.1. The summed E-state index contributed by atoms with van der Waals surface area (Å²) in [7, 11) is 0. The van der Waals surface area contributed by atoms with Crippen LogP contribution in [0.25, 0.3) is 10.8 Å². The monoisotopic (exact) mass is 640 g/mol. The number of ether oxygens (including phenoxy) is 1. The summed E-state index contributed by atoms with van der Waals surface area (Å²) < 4.78 is 8.60. The molecule has 116 valence electrons. The second-order valence-corrected chi connectivity index (χ2v) is 8.44. The third kappa shape index (κ3) is 3.51. The van der Waals surface area contributed by atoms with Gasteiger partial charge in [-0.3, -0.25) is 0 Å². The number of halogens is 3. The highest BCUT2D eigenvalue weighted by Gasteiger charge is 2.19. The fraction of sp³-hybridized carbons (Fsp3) is 0.0556. The number of aryl methyl sites for hydroxylation is 1. The Hall–Kier alpha value is -0.420. The summed E-state index contributed by atoms with van der Waals surface area (Å²) in [4.78, 5) is 12.7. The van der Waals surface area contributed by atoms with Crippen LogP contribution in [0.15, 0.2) is 48.5 Å². The SMILES string of the molecule is Cc1ccc(OC(=O)c2c(I)ccc(I)c2I)c2ccccc12. The Kier molecular flexibility index (Phi) is 5.46. The average molecular weight is 640 g/mol. The molecule has 0 fully saturated rings. The van der Waals surface area contributed by atoms with Gasteiger partial charge in [0, 0.05) is 16.1 Å². The number of carbonyl (C=O) groups is 1. The second-order valence-electron chi connectivity index (χ2n) is 5.03. The van der Waals surface area contributed by atoms with Gasteiger partial charge in [-0.25, -0.2) is 4.79 Å². The van der Waals surface area contributed by atoms with Crippen molar-refractivity contribution in [3.8, 4) is 5.75 Å². The standard InChI is InChI=1S/C18H11I3O2/c1-10-6-9-15(12-5-3-2-4-11(10)12)23-18(22)16-13(19)7-8-14(20)17(16)21/h2-9H,1H3. The maximum absolute atomic E-state index is 12.7.